The molecule has 21 heavy (non-hydrogen) atoms. The third-order valence-corrected chi connectivity index (χ3v) is 5.94. The summed E-state index contributed by atoms with van der Waals surface area (Å²) in [5.41, 5.74) is 0. The Morgan fingerprint density at radius 2 is 1.71 bits per heavy atom. The Labute approximate surface area is 132 Å². The summed E-state index contributed by atoms with van der Waals surface area (Å²) in [6.45, 7) is 7.74. The molecule has 1 saturated heterocycles. The van der Waals surface area contributed by atoms with Crippen molar-refractivity contribution in [1.82, 2.24) is 10.2 Å². The van der Waals surface area contributed by atoms with Crippen LogP contribution in [0.4, 0.5) is 0 Å². The lowest BCUT2D eigenvalue weighted by molar-refractivity contribution is 0.127. The van der Waals surface area contributed by atoms with Crippen molar-refractivity contribution in [3.8, 4) is 0 Å². The second kappa shape index (κ2) is 7.97. The summed E-state index contributed by atoms with van der Waals surface area (Å²) < 4.78 is 0. The van der Waals surface area contributed by atoms with Crippen LogP contribution in [0, 0.1) is 17.8 Å². The summed E-state index contributed by atoms with van der Waals surface area (Å²) in [6.07, 6.45) is 14.6. The van der Waals surface area contributed by atoms with Gasteiger partial charge in [-0.25, -0.2) is 0 Å². The Kier molecular flexibility index (Phi) is 5.99. The molecule has 2 heteroatoms. The van der Waals surface area contributed by atoms with E-state index in [4.69, 9.17) is 0 Å². The van der Waals surface area contributed by atoms with Gasteiger partial charge in [-0.15, -0.1) is 0 Å². The van der Waals surface area contributed by atoms with Crippen LogP contribution in [0.5, 0.6) is 0 Å². The van der Waals surface area contributed by atoms with Gasteiger partial charge >= 0.3 is 0 Å². The van der Waals surface area contributed by atoms with Crippen molar-refractivity contribution in [2.75, 3.05) is 26.2 Å². The van der Waals surface area contributed by atoms with Crippen molar-refractivity contribution < 1.29 is 0 Å². The maximum absolute atomic E-state index is 3.96. The van der Waals surface area contributed by atoms with Crippen LogP contribution in [-0.2, 0) is 0 Å². The molecule has 2 saturated carbocycles. The summed E-state index contributed by atoms with van der Waals surface area (Å²) in [7, 11) is 0. The van der Waals surface area contributed by atoms with E-state index in [-0.39, 0.29) is 0 Å². The molecule has 3 aliphatic rings. The fourth-order valence-corrected chi connectivity index (χ4v) is 4.61. The molecule has 0 aromatic heterocycles. The Bertz CT molecular complexity index is 294. The van der Waals surface area contributed by atoms with Gasteiger partial charge in [0.2, 0.25) is 0 Å². The van der Waals surface area contributed by atoms with Gasteiger partial charge in [-0.05, 0) is 62.8 Å². The SMILES string of the molecule is CCCC1CC(NCC2CCCCC2)CN(CC2CC2)C1. The van der Waals surface area contributed by atoms with Crippen molar-refractivity contribution >= 4 is 0 Å². The van der Waals surface area contributed by atoms with Crippen molar-refractivity contribution in [2.45, 2.75) is 77.2 Å². The van der Waals surface area contributed by atoms with Crippen molar-refractivity contribution in [2.24, 2.45) is 17.8 Å². The first-order valence-electron chi connectivity index (χ1n) is 9.79. The van der Waals surface area contributed by atoms with E-state index < -0.39 is 0 Å². The lowest BCUT2D eigenvalue weighted by Crippen LogP contribution is -2.50. The van der Waals surface area contributed by atoms with E-state index in [0.717, 1.165) is 23.8 Å². The van der Waals surface area contributed by atoms with Crippen LogP contribution in [-0.4, -0.2) is 37.1 Å². The zero-order valence-corrected chi connectivity index (χ0v) is 14.2. The first-order chi connectivity index (χ1) is 10.3. The van der Waals surface area contributed by atoms with Crippen molar-refractivity contribution in [1.29, 1.82) is 0 Å². The summed E-state index contributed by atoms with van der Waals surface area (Å²) in [6, 6.07) is 0.774. The minimum absolute atomic E-state index is 0.774. The molecule has 3 rings (SSSR count). The largest absolute Gasteiger partial charge is 0.312 e. The normalized spacial score (nSPS) is 32.4. The van der Waals surface area contributed by atoms with Gasteiger partial charge in [-0.1, -0.05) is 32.6 Å². The van der Waals surface area contributed by atoms with Crippen LogP contribution in [0.2, 0.25) is 0 Å². The van der Waals surface area contributed by atoms with E-state index in [1.807, 2.05) is 0 Å². The van der Waals surface area contributed by atoms with Crippen LogP contribution in [0.15, 0.2) is 0 Å². The van der Waals surface area contributed by atoms with Crippen LogP contribution in [0.1, 0.15) is 71.1 Å². The third-order valence-electron chi connectivity index (χ3n) is 5.94. The topological polar surface area (TPSA) is 15.3 Å². The van der Waals surface area contributed by atoms with Gasteiger partial charge in [0.1, 0.15) is 0 Å². The average Bonchev–Trinajstić information content (AvgIpc) is 3.30. The smallest absolute Gasteiger partial charge is 0.0198 e. The highest BCUT2D eigenvalue weighted by Gasteiger charge is 2.31. The predicted molar refractivity (Wildman–Crippen MR) is 90.5 cm³/mol. The molecule has 0 amide bonds. The Morgan fingerprint density at radius 1 is 0.905 bits per heavy atom. The first-order valence-corrected chi connectivity index (χ1v) is 9.79. The van der Waals surface area contributed by atoms with E-state index in [2.05, 4.69) is 17.1 Å². The molecule has 2 atom stereocenters. The molecular formula is C19H36N2. The van der Waals surface area contributed by atoms with E-state index in [9.17, 15) is 0 Å². The van der Waals surface area contributed by atoms with Gasteiger partial charge in [-0.3, -0.25) is 0 Å². The summed E-state index contributed by atoms with van der Waals surface area (Å²) in [5, 5.41) is 3.96. The van der Waals surface area contributed by atoms with Gasteiger partial charge in [-0.2, -0.15) is 0 Å². The highest BCUT2D eigenvalue weighted by atomic mass is 15.2. The van der Waals surface area contributed by atoms with Crippen LogP contribution in [0.25, 0.3) is 0 Å². The molecular weight excluding hydrogens is 256 g/mol. The molecule has 2 unspecified atom stereocenters. The molecule has 1 heterocycles. The minimum atomic E-state index is 0.774. The minimum Gasteiger partial charge on any atom is -0.312 e. The Morgan fingerprint density at radius 3 is 2.43 bits per heavy atom. The monoisotopic (exact) mass is 292 g/mol. The van der Waals surface area contributed by atoms with Gasteiger partial charge in [0.15, 0.2) is 0 Å². The van der Waals surface area contributed by atoms with Crippen LogP contribution < -0.4 is 5.32 Å². The molecule has 1 aliphatic heterocycles. The van der Waals surface area contributed by atoms with Gasteiger partial charge in [0.25, 0.3) is 0 Å². The van der Waals surface area contributed by atoms with Crippen molar-refractivity contribution in [3.63, 3.8) is 0 Å². The second-order valence-corrected chi connectivity index (χ2v) is 8.16. The third kappa shape index (κ3) is 5.25. The standard InChI is InChI=1S/C19H36N2/c1-2-6-18-11-19(15-21(14-18)13-17-9-10-17)20-12-16-7-4-3-5-8-16/h16-20H,2-15H2,1H3. The number of rotatable bonds is 7. The summed E-state index contributed by atoms with van der Waals surface area (Å²) >= 11 is 0. The average molecular weight is 293 g/mol. The lowest BCUT2D eigenvalue weighted by atomic mass is 9.87. The number of hydrogen-bond donors (Lipinski definition) is 1. The zero-order chi connectivity index (χ0) is 14.5. The fraction of sp³-hybridized carbons (Fsp3) is 1.00. The zero-order valence-electron chi connectivity index (χ0n) is 14.2. The highest BCUT2D eigenvalue weighted by Crippen LogP contribution is 2.32. The number of hydrogen-bond acceptors (Lipinski definition) is 2. The summed E-state index contributed by atoms with van der Waals surface area (Å²) in [5.74, 6) is 2.97. The molecule has 122 valence electrons. The number of piperidine rings is 1. The fourth-order valence-electron chi connectivity index (χ4n) is 4.61. The molecule has 2 nitrogen and oxygen atoms in total. The highest BCUT2D eigenvalue weighted by molar-refractivity contribution is 4.87. The molecule has 0 spiro atoms. The molecule has 0 bridgehead atoms. The lowest BCUT2D eigenvalue weighted by Gasteiger charge is -2.39. The summed E-state index contributed by atoms with van der Waals surface area (Å²) in [4.78, 5) is 2.79. The predicted octanol–water partition coefficient (Wildman–Crippen LogP) is 4.06. The Hall–Kier alpha value is -0.0800. The van der Waals surface area contributed by atoms with Gasteiger partial charge in [0.05, 0.1) is 0 Å². The van der Waals surface area contributed by atoms with Crippen LogP contribution >= 0.6 is 0 Å². The molecule has 0 aromatic rings. The molecule has 0 aromatic carbocycles. The number of nitrogens with zero attached hydrogens (tertiary/aromatic N) is 1. The number of nitrogens with one attached hydrogen (secondary N) is 1. The van der Waals surface area contributed by atoms with Crippen LogP contribution in [0.3, 0.4) is 0 Å². The number of likely N-dealkylation sites (tertiary alicyclic amines) is 1. The molecule has 2 aliphatic carbocycles. The molecule has 0 radical (unpaired) electrons. The quantitative estimate of drug-likeness (QED) is 0.761. The molecule has 1 N–H and O–H groups in total. The first kappa shape index (κ1) is 15.8. The van der Waals surface area contributed by atoms with Gasteiger partial charge < -0.3 is 10.2 Å². The Balaban J connectivity index is 1.44. The van der Waals surface area contributed by atoms with Crippen molar-refractivity contribution in [3.05, 3.63) is 0 Å². The molecule has 3 fully saturated rings. The van der Waals surface area contributed by atoms with E-state index >= 15 is 0 Å². The second-order valence-electron chi connectivity index (χ2n) is 8.16. The van der Waals surface area contributed by atoms with E-state index in [1.165, 1.54) is 90.4 Å². The van der Waals surface area contributed by atoms with E-state index in [0.29, 0.717) is 0 Å². The maximum atomic E-state index is 3.96. The maximum Gasteiger partial charge on any atom is 0.0198 e. The van der Waals surface area contributed by atoms with E-state index in [1.54, 1.807) is 0 Å². The van der Waals surface area contributed by atoms with Gasteiger partial charge in [0, 0.05) is 25.7 Å².